The minimum Gasteiger partial charge on any atom is -0.354 e. The fraction of sp³-hybridized carbons (Fsp3) is 0.182. The summed E-state index contributed by atoms with van der Waals surface area (Å²) in [6.45, 7) is 2.04. The van der Waals surface area contributed by atoms with Gasteiger partial charge in [-0.2, -0.15) is 5.26 Å². The van der Waals surface area contributed by atoms with Crippen LogP contribution in [0.1, 0.15) is 24.1 Å². The molecular formula is C11H10N4S. The van der Waals surface area contributed by atoms with Crippen molar-refractivity contribution in [2.75, 3.05) is 5.32 Å². The van der Waals surface area contributed by atoms with Gasteiger partial charge in [-0.1, -0.05) is 23.5 Å². The summed E-state index contributed by atoms with van der Waals surface area (Å²) in [5.41, 5.74) is 3.48. The Morgan fingerprint density at radius 3 is 2.69 bits per heavy atom. The molecule has 0 amide bonds. The van der Waals surface area contributed by atoms with Gasteiger partial charge in [0, 0.05) is 0 Å². The number of benzene rings is 1. The lowest BCUT2D eigenvalue weighted by Crippen LogP contribution is -2.06. The van der Waals surface area contributed by atoms with Gasteiger partial charge in [-0.05, 0) is 24.6 Å². The lowest BCUT2D eigenvalue weighted by molar-refractivity contribution is 0.873. The van der Waals surface area contributed by atoms with Gasteiger partial charge in [-0.15, -0.1) is 10.2 Å². The van der Waals surface area contributed by atoms with Gasteiger partial charge in [0.25, 0.3) is 0 Å². The van der Waals surface area contributed by atoms with E-state index in [2.05, 4.69) is 21.6 Å². The molecule has 1 aromatic heterocycles. The lowest BCUT2D eigenvalue weighted by atomic mass is 10.1. The van der Waals surface area contributed by atoms with Gasteiger partial charge in [0.15, 0.2) is 0 Å². The summed E-state index contributed by atoms with van der Waals surface area (Å²) in [5.74, 6) is 0. The predicted molar refractivity (Wildman–Crippen MR) is 63.1 cm³/mol. The van der Waals surface area contributed by atoms with E-state index in [1.54, 1.807) is 5.51 Å². The second-order valence-electron chi connectivity index (χ2n) is 3.34. The highest BCUT2D eigenvalue weighted by atomic mass is 32.1. The Morgan fingerprint density at radius 2 is 2.12 bits per heavy atom. The van der Waals surface area contributed by atoms with Crippen LogP contribution in [0.4, 0.5) is 5.13 Å². The number of nitriles is 1. The first-order valence-electron chi connectivity index (χ1n) is 4.82. The summed E-state index contributed by atoms with van der Waals surface area (Å²) in [5, 5.41) is 20.4. The zero-order chi connectivity index (χ0) is 11.4. The van der Waals surface area contributed by atoms with Crippen LogP contribution in [0, 0.1) is 11.3 Å². The van der Waals surface area contributed by atoms with E-state index in [0.717, 1.165) is 10.7 Å². The van der Waals surface area contributed by atoms with E-state index in [-0.39, 0.29) is 6.04 Å². The van der Waals surface area contributed by atoms with Crippen molar-refractivity contribution in [2.24, 2.45) is 0 Å². The summed E-state index contributed by atoms with van der Waals surface area (Å²) in [6.07, 6.45) is 0. The maximum absolute atomic E-state index is 8.69. The lowest BCUT2D eigenvalue weighted by Gasteiger charge is -2.12. The van der Waals surface area contributed by atoms with Gasteiger partial charge in [0.2, 0.25) is 5.13 Å². The Hall–Kier alpha value is -1.93. The maximum atomic E-state index is 8.69. The quantitative estimate of drug-likeness (QED) is 0.880. The highest BCUT2D eigenvalue weighted by molar-refractivity contribution is 7.13. The molecule has 0 saturated heterocycles. The van der Waals surface area contributed by atoms with Crippen molar-refractivity contribution in [1.29, 1.82) is 5.26 Å². The molecule has 1 N–H and O–H groups in total. The van der Waals surface area contributed by atoms with Gasteiger partial charge in [0.1, 0.15) is 5.51 Å². The molecular weight excluding hydrogens is 220 g/mol. The Bertz CT molecular complexity index is 484. The summed E-state index contributed by atoms with van der Waals surface area (Å²) >= 11 is 1.47. The molecule has 0 aliphatic heterocycles. The van der Waals surface area contributed by atoms with Crippen LogP contribution < -0.4 is 5.32 Å². The SMILES string of the molecule is CC(Nc1nncs1)c1ccc(C#N)cc1. The normalized spacial score (nSPS) is 11.8. The molecule has 0 fully saturated rings. The van der Waals surface area contributed by atoms with E-state index in [1.165, 1.54) is 11.3 Å². The maximum Gasteiger partial charge on any atom is 0.205 e. The molecule has 0 spiro atoms. The Kier molecular flexibility index (Phi) is 3.13. The summed E-state index contributed by atoms with van der Waals surface area (Å²) < 4.78 is 0. The second-order valence-corrected chi connectivity index (χ2v) is 4.18. The van der Waals surface area contributed by atoms with Crippen molar-refractivity contribution in [1.82, 2.24) is 10.2 Å². The van der Waals surface area contributed by atoms with Crippen LogP contribution in [0.25, 0.3) is 0 Å². The van der Waals surface area contributed by atoms with Crippen LogP contribution in [0.2, 0.25) is 0 Å². The Balaban J connectivity index is 2.09. The number of nitrogens with one attached hydrogen (secondary N) is 1. The molecule has 0 saturated carbocycles. The molecule has 1 unspecified atom stereocenters. The van der Waals surface area contributed by atoms with Gasteiger partial charge in [0.05, 0.1) is 17.7 Å². The van der Waals surface area contributed by atoms with E-state index in [9.17, 15) is 0 Å². The van der Waals surface area contributed by atoms with E-state index in [0.29, 0.717) is 5.56 Å². The predicted octanol–water partition coefficient (Wildman–Crippen LogP) is 2.58. The summed E-state index contributed by atoms with van der Waals surface area (Å²) in [4.78, 5) is 0. The van der Waals surface area contributed by atoms with Crippen molar-refractivity contribution in [2.45, 2.75) is 13.0 Å². The number of aromatic nitrogens is 2. The molecule has 16 heavy (non-hydrogen) atoms. The number of nitrogens with zero attached hydrogens (tertiary/aromatic N) is 3. The first-order valence-corrected chi connectivity index (χ1v) is 5.70. The molecule has 5 heteroatoms. The first kappa shape index (κ1) is 10.6. The average molecular weight is 230 g/mol. The van der Waals surface area contributed by atoms with Crippen LogP contribution in [-0.4, -0.2) is 10.2 Å². The Labute approximate surface area is 97.6 Å². The zero-order valence-electron chi connectivity index (χ0n) is 8.71. The highest BCUT2D eigenvalue weighted by Gasteiger charge is 2.06. The summed E-state index contributed by atoms with van der Waals surface area (Å²) in [6, 6.07) is 9.76. The topological polar surface area (TPSA) is 61.6 Å². The van der Waals surface area contributed by atoms with Crippen LogP contribution in [0.3, 0.4) is 0 Å². The molecule has 80 valence electrons. The molecule has 1 atom stereocenters. The molecule has 2 rings (SSSR count). The van der Waals surface area contributed by atoms with Gasteiger partial charge in [-0.3, -0.25) is 0 Å². The molecule has 1 heterocycles. The zero-order valence-corrected chi connectivity index (χ0v) is 9.53. The van der Waals surface area contributed by atoms with E-state index in [1.807, 2.05) is 31.2 Å². The smallest absolute Gasteiger partial charge is 0.205 e. The van der Waals surface area contributed by atoms with Gasteiger partial charge >= 0.3 is 0 Å². The van der Waals surface area contributed by atoms with Crippen molar-refractivity contribution in [3.8, 4) is 6.07 Å². The van der Waals surface area contributed by atoms with Gasteiger partial charge in [-0.25, -0.2) is 0 Å². The molecule has 0 radical (unpaired) electrons. The third-order valence-corrected chi connectivity index (χ3v) is 2.86. The highest BCUT2D eigenvalue weighted by Crippen LogP contribution is 2.19. The molecule has 4 nitrogen and oxygen atoms in total. The minimum absolute atomic E-state index is 0.153. The van der Waals surface area contributed by atoms with Crippen LogP contribution >= 0.6 is 11.3 Å². The van der Waals surface area contributed by atoms with Crippen molar-refractivity contribution in [3.63, 3.8) is 0 Å². The molecule has 2 aromatic rings. The molecule has 1 aromatic carbocycles. The van der Waals surface area contributed by atoms with E-state index < -0.39 is 0 Å². The third kappa shape index (κ3) is 2.35. The number of hydrogen-bond donors (Lipinski definition) is 1. The first-order chi connectivity index (χ1) is 7.79. The number of rotatable bonds is 3. The van der Waals surface area contributed by atoms with Crippen molar-refractivity contribution >= 4 is 16.5 Å². The number of hydrogen-bond acceptors (Lipinski definition) is 5. The van der Waals surface area contributed by atoms with E-state index >= 15 is 0 Å². The van der Waals surface area contributed by atoms with Crippen LogP contribution in [0.5, 0.6) is 0 Å². The van der Waals surface area contributed by atoms with Gasteiger partial charge < -0.3 is 5.32 Å². The molecule has 0 aliphatic rings. The average Bonchev–Trinajstić information content (AvgIpc) is 2.82. The van der Waals surface area contributed by atoms with Crippen molar-refractivity contribution < 1.29 is 0 Å². The largest absolute Gasteiger partial charge is 0.354 e. The minimum atomic E-state index is 0.153. The third-order valence-electron chi connectivity index (χ3n) is 2.24. The standard InChI is InChI=1S/C11H10N4S/c1-8(14-11-15-13-7-16-11)10-4-2-9(6-12)3-5-10/h2-5,7-8H,1H3,(H,14,15). The molecule has 0 bridgehead atoms. The molecule has 0 aliphatic carbocycles. The second kappa shape index (κ2) is 4.73. The number of anilines is 1. The van der Waals surface area contributed by atoms with Crippen LogP contribution in [-0.2, 0) is 0 Å². The summed E-state index contributed by atoms with van der Waals surface area (Å²) in [7, 11) is 0. The van der Waals surface area contributed by atoms with Crippen LogP contribution in [0.15, 0.2) is 29.8 Å². The van der Waals surface area contributed by atoms with Crippen molar-refractivity contribution in [3.05, 3.63) is 40.9 Å². The Morgan fingerprint density at radius 1 is 1.38 bits per heavy atom. The fourth-order valence-electron chi connectivity index (χ4n) is 1.35. The van der Waals surface area contributed by atoms with E-state index in [4.69, 9.17) is 5.26 Å². The fourth-order valence-corrected chi connectivity index (χ4v) is 1.88. The monoisotopic (exact) mass is 230 g/mol.